The summed E-state index contributed by atoms with van der Waals surface area (Å²) in [5.41, 5.74) is 1.04. The van der Waals surface area contributed by atoms with Crippen LogP contribution < -0.4 is 16.6 Å². The van der Waals surface area contributed by atoms with Crippen molar-refractivity contribution in [2.75, 3.05) is 5.32 Å². The minimum absolute atomic E-state index is 0.0319. The highest BCUT2D eigenvalue weighted by Gasteiger charge is 2.19. The molecule has 2 heterocycles. The summed E-state index contributed by atoms with van der Waals surface area (Å²) in [6.07, 6.45) is 1.04. The van der Waals surface area contributed by atoms with Crippen molar-refractivity contribution in [2.45, 2.75) is 32.7 Å². The van der Waals surface area contributed by atoms with Crippen molar-refractivity contribution in [3.05, 3.63) is 56.0 Å². The molecule has 1 amide bonds. The van der Waals surface area contributed by atoms with E-state index in [2.05, 4.69) is 24.1 Å². The van der Waals surface area contributed by atoms with E-state index in [1.165, 1.54) is 28.8 Å². The van der Waals surface area contributed by atoms with Crippen molar-refractivity contribution in [1.82, 2.24) is 18.7 Å². The lowest BCUT2D eigenvalue weighted by Crippen LogP contribution is -2.37. The van der Waals surface area contributed by atoms with E-state index >= 15 is 0 Å². The van der Waals surface area contributed by atoms with Crippen LogP contribution in [0.5, 0.6) is 0 Å². The monoisotopic (exact) mass is 403 g/mol. The number of benzene rings is 1. The molecule has 1 atom stereocenters. The van der Waals surface area contributed by atoms with Gasteiger partial charge in [0.2, 0.25) is 11.2 Å². The Kier molecular flexibility index (Phi) is 5.42. The summed E-state index contributed by atoms with van der Waals surface area (Å²) < 4.78 is 3.49. The van der Waals surface area contributed by atoms with E-state index in [1.54, 1.807) is 0 Å². The fourth-order valence-corrected chi connectivity index (χ4v) is 3.26. The number of amides is 1. The maximum atomic E-state index is 12.5. The summed E-state index contributed by atoms with van der Waals surface area (Å²) >= 11 is 6.14. The van der Waals surface area contributed by atoms with Crippen LogP contribution in [0, 0.1) is 0 Å². The zero-order chi connectivity index (χ0) is 20.6. The number of anilines is 1. The van der Waals surface area contributed by atoms with Crippen molar-refractivity contribution in [2.24, 2.45) is 14.1 Å². The third-order valence-electron chi connectivity index (χ3n) is 4.98. The van der Waals surface area contributed by atoms with Crippen LogP contribution in [0.1, 0.15) is 31.7 Å². The topological polar surface area (TPSA) is 90.9 Å². The minimum atomic E-state index is -0.553. The van der Waals surface area contributed by atoms with Gasteiger partial charge in [0, 0.05) is 19.8 Å². The minimum Gasteiger partial charge on any atom is -0.325 e. The Bertz CT molecular complexity index is 1160. The number of nitrogens with one attached hydrogen (secondary N) is 1. The van der Waals surface area contributed by atoms with Crippen LogP contribution in [0.25, 0.3) is 11.2 Å². The lowest BCUT2D eigenvalue weighted by atomic mass is 9.99. The van der Waals surface area contributed by atoms with Gasteiger partial charge >= 0.3 is 5.69 Å². The van der Waals surface area contributed by atoms with E-state index < -0.39 is 11.2 Å². The van der Waals surface area contributed by atoms with E-state index in [1.807, 2.05) is 24.3 Å². The van der Waals surface area contributed by atoms with Gasteiger partial charge in [-0.1, -0.05) is 26.0 Å². The van der Waals surface area contributed by atoms with Crippen molar-refractivity contribution < 1.29 is 4.79 Å². The Morgan fingerprint density at radius 2 is 1.82 bits per heavy atom. The van der Waals surface area contributed by atoms with E-state index in [9.17, 15) is 14.4 Å². The maximum Gasteiger partial charge on any atom is 0.332 e. The molecule has 0 aliphatic carbocycles. The molecule has 8 nitrogen and oxygen atoms in total. The molecule has 0 unspecified atom stereocenters. The predicted octanol–water partition coefficient (Wildman–Crippen LogP) is 2.24. The van der Waals surface area contributed by atoms with Crippen LogP contribution in [0.4, 0.5) is 5.69 Å². The van der Waals surface area contributed by atoms with Crippen molar-refractivity contribution in [3.8, 4) is 0 Å². The lowest BCUT2D eigenvalue weighted by molar-refractivity contribution is -0.116. The number of hydrogen-bond acceptors (Lipinski definition) is 4. The van der Waals surface area contributed by atoms with E-state index in [0.717, 1.165) is 11.0 Å². The number of nitrogens with zero attached hydrogens (tertiary/aromatic N) is 4. The van der Waals surface area contributed by atoms with Gasteiger partial charge < -0.3 is 5.32 Å². The molecule has 148 valence electrons. The largest absolute Gasteiger partial charge is 0.332 e. The molecule has 1 N–H and O–H groups in total. The van der Waals surface area contributed by atoms with Gasteiger partial charge in [-0.05, 0) is 41.6 Å². The first-order valence-corrected chi connectivity index (χ1v) is 9.34. The second kappa shape index (κ2) is 7.63. The van der Waals surface area contributed by atoms with Gasteiger partial charge in [-0.2, -0.15) is 4.98 Å². The highest BCUT2D eigenvalue weighted by atomic mass is 35.5. The number of carbonyl (C=O) groups is 1. The zero-order valence-corrected chi connectivity index (χ0v) is 16.9. The molecule has 3 rings (SSSR count). The van der Waals surface area contributed by atoms with Gasteiger partial charge in [0.25, 0.3) is 5.56 Å². The zero-order valence-electron chi connectivity index (χ0n) is 16.2. The summed E-state index contributed by atoms with van der Waals surface area (Å²) in [4.78, 5) is 41.1. The first-order valence-electron chi connectivity index (χ1n) is 8.96. The summed E-state index contributed by atoms with van der Waals surface area (Å²) in [5, 5.41) is 2.76. The van der Waals surface area contributed by atoms with Gasteiger partial charge in [-0.25, -0.2) is 4.79 Å². The standard InChI is InChI=1S/C19H22ClN5O3/c1-5-11(2)12-6-8-13(9-7-12)21-14(26)10-25-15-16(22-18(25)20)23(3)19(28)24(4)17(15)27/h6-9,11H,5,10H2,1-4H3,(H,21,26)/t11-/m0/s1. The van der Waals surface area contributed by atoms with E-state index in [0.29, 0.717) is 11.6 Å². The number of aromatic nitrogens is 4. The van der Waals surface area contributed by atoms with E-state index in [4.69, 9.17) is 11.6 Å². The highest BCUT2D eigenvalue weighted by molar-refractivity contribution is 6.29. The highest BCUT2D eigenvalue weighted by Crippen LogP contribution is 2.21. The molecule has 2 aromatic heterocycles. The predicted molar refractivity (Wildman–Crippen MR) is 109 cm³/mol. The fraction of sp³-hybridized carbons (Fsp3) is 0.368. The number of imidazole rings is 1. The number of rotatable bonds is 5. The molecule has 3 aromatic rings. The number of halogens is 1. The molecule has 1 aromatic carbocycles. The van der Waals surface area contributed by atoms with Crippen LogP contribution in [0.3, 0.4) is 0 Å². The SMILES string of the molecule is CC[C@H](C)c1ccc(NC(=O)Cn2c(Cl)nc3c2c(=O)n(C)c(=O)n3C)cc1. The van der Waals surface area contributed by atoms with Crippen LogP contribution in [0.15, 0.2) is 33.9 Å². The Balaban J connectivity index is 1.89. The smallest absolute Gasteiger partial charge is 0.325 e. The summed E-state index contributed by atoms with van der Waals surface area (Å²) in [7, 11) is 2.87. The Morgan fingerprint density at radius 1 is 1.18 bits per heavy atom. The maximum absolute atomic E-state index is 12.5. The third kappa shape index (κ3) is 3.47. The van der Waals surface area contributed by atoms with Crippen molar-refractivity contribution >= 4 is 34.4 Å². The lowest BCUT2D eigenvalue weighted by Gasteiger charge is -2.11. The van der Waals surface area contributed by atoms with Gasteiger partial charge in [0.1, 0.15) is 6.54 Å². The summed E-state index contributed by atoms with van der Waals surface area (Å²) in [6.45, 7) is 4.07. The Labute approximate surface area is 166 Å². The molecular weight excluding hydrogens is 382 g/mol. The first-order chi connectivity index (χ1) is 13.2. The third-order valence-corrected chi connectivity index (χ3v) is 5.27. The quantitative estimate of drug-likeness (QED) is 0.661. The first kappa shape index (κ1) is 19.9. The molecule has 0 radical (unpaired) electrons. The van der Waals surface area contributed by atoms with Gasteiger partial charge in [-0.15, -0.1) is 0 Å². The molecule has 9 heteroatoms. The molecule has 0 bridgehead atoms. The molecule has 0 saturated heterocycles. The molecule has 0 spiro atoms. The van der Waals surface area contributed by atoms with Crippen LogP contribution >= 0.6 is 11.6 Å². The molecular formula is C19H22ClN5O3. The fourth-order valence-electron chi connectivity index (χ4n) is 3.04. The van der Waals surface area contributed by atoms with Crippen LogP contribution in [-0.4, -0.2) is 24.6 Å². The van der Waals surface area contributed by atoms with Gasteiger partial charge in [0.15, 0.2) is 11.2 Å². The van der Waals surface area contributed by atoms with Gasteiger partial charge in [0.05, 0.1) is 0 Å². The van der Waals surface area contributed by atoms with Crippen molar-refractivity contribution in [1.29, 1.82) is 0 Å². The molecule has 0 aliphatic heterocycles. The molecule has 0 aliphatic rings. The molecule has 0 fully saturated rings. The number of hydrogen-bond donors (Lipinski definition) is 1. The average molecular weight is 404 g/mol. The summed E-state index contributed by atoms with van der Waals surface area (Å²) in [5.74, 6) is 0.0946. The normalized spacial score (nSPS) is 12.3. The second-order valence-electron chi connectivity index (χ2n) is 6.82. The number of fused-ring (bicyclic) bond motifs is 1. The van der Waals surface area contributed by atoms with E-state index in [-0.39, 0.29) is 28.9 Å². The Hall–Kier alpha value is -2.87. The average Bonchev–Trinajstić information content (AvgIpc) is 3.01. The number of aryl methyl sites for hydroxylation is 1. The molecule has 28 heavy (non-hydrogen) atoms. The van der Waals surface area contributed by atoms with Crippen LogP contribution in [0.2, 0.25) is 5.28 Å². The Morgan fingerprint density at radius 3 is 2.43 bits per heavy atom. The van der Waals surface area contributed by atoms with Crippen LogP contribution in [-0.2, 0) is 25.4 Å². The second-order valence-corrected chi connectivity index (χ2v) is 7.16. The molecule has 0 saturated carbocycles. The van der Waals surface area contributed by atoms with Gasteiger partial charge in [-0.3, -0.25) is 23.3 Å². The number of carbonyl (C=O) groups excluding carboxylic acids is 1. The summed E-state index contributed by atoms with van der Waals surface area (Å²) in [6, 6.07) is 7.65. The van der Waals surface area contributed by atoms with Crippen molar-refractivity contribution in [3.63, 3.8) is 0 Å².